The van der Waals surface area contributed by atoms with Gasteiger partial charge in [0.25, 0.3) is 11.8 Å². The molecule has 0 aliphatic carbocycles. The molecule has 276 valence electrons. The predicted molar refractivity (Wildman–Crippen MR) is 211 cm³/mol. The summed E-state index contributed by atoms with van der Waals surface area (Å²) in [5.74, 6) is -0.577. The average Bonchev–Trinajstić information content (AvgIpc) is 3.17. The Morgan fingerprint density at radius 1 is 0.444 bits per heavy atom. The quantitative estimate of drug-likeness (QED) is 0.177. The SMILES string of the molecule is C=C1OCCOCCOC(C(=O)Nc2ccc3cc4ccccc4cc3c2)C(=C)OCCOCCOC1C(=O)Nc1ccc2cc3ccccc3cc2c1. The Bertz CT molecular complexity index is 2160. The highest BCUT2D eigenvalue weighted by Crippen LogP contribution is 2.27. The smallest absolute Gasteiger partial charge is 0.261 e. The van der Waals surface area contributed by atoms with Crippen molar-refractivity contribution < 1.29 is 38.0 Å². The van der Waals surface area contributed by atoms with Crippen LogP contribution in [0, 0.1) is 0 Å². The van der Waals surface area contributed by atoms with E-state index in [0.717, 1.165) is 43.1 Å². The van der Waals surface area contributed by atoms with Crippen LogP contribution in [-0.4, -0.2) is 76.9 Å². The minimum Gasteiger partial charge on any atom is -0.493 e. The molecule has 1 fully saturated rings. The summed E-state index contributed by atoms with van der Waals surface area (Å²) in [5.41, 5.74) is 1.24. The van der Waals surface area contributed by atoms with E-state index in [4.69, 9.17) is 28.4 Å². The topological polar surface area (TPSA) is 114 Å². The van der Waals surface area contributed by atoms with Crippen molar-refractivity contribution in [1.82, 2.24) is 0 Å². The van der Waals surface area contributed by atoms with Crippen molar-refractivity contribution >= 4 is 66.3 Å². The minimum atomic E-state index is -1.10. The number of benzene rings is 6. The Hall–Kier alpha value is -5.78. The van der Waals surface area contributed by atoms with E-state index in [1.807, 2.05) is 60.7 Å². The Balaban J connectivity index is 0.943. The van der Waals surface area contributed by atoms with Crippen LogP contribution >= 0.6 is 0 Å². The van der Waals surface area contributed by atoms with E-state index < -0.39 is 24.0 Å². The van der Waals surface area contributed by atoms with E-state index in [9.17, 15) is 9.59 Å². The van der Waals surface area contributed by atoms with E-state index in [-0.39, 0.29) is 64.4 Å². The second-order valence-electron chi connectivity index (χ2n) is 12.9. The lowest BCUT2D eigenvalue weighted by Crippen LogP contribution is -2.35. The molecule has 6 aromatic rings. The molecule has 1 aliphatic rings. The number of carbonyl (C=O) groups is 2. The average molecular weight is 727 g/mol. The lowest BCUT2D eigenvalue weighted by molar-refractivity contribution is -0.131. The highest BCUT2D eigenvalue weighted by atomic mass is 16.6. The molecule has 1 heterocycles. The molecule has 0 aromatic heterocycles. The zero-order chi connectivity index (χ0) is 37.3. The van der Waals surface area contributed by atoms with Crippen LogP contribution in [0.15, 0.2) is 134 Å². The fourth-order valence-corrected chi connectivity index (χ4v) is 6.35. The lowest BCUT2D eigenvalue weighted by atomic mass is 10.0. The molecule has 1 saturated heterocycles. The van der Waals surface area contributed by atoms with Crippen molar-refractivity contribution in [2.45, 2.75) is 12.2 Å². The molecule has 7 rings (SSSR count). The van der Waals surface area contributed by atoms with Crippen LogP contribution in [0.25, 0.3) is 43.1 Å². The molecule has 0 bridgehead atoms. The van der Waals surface area contributed by atoms with Crippen LogP contribution in [0.1, 0.15) is 0 Å². The maximum Gasteiger partial charge on any atom is 0.261 e. The number of rotatable bonds is 4. The highest BCUT2D eigenvalue weighted by Gasteiger charge is 2.26. The van der Waals surface area contributed by atoms with E-state index in [1.165, 1.54) is 0 Å². The molecule has 54 heavy (non-hydrogen) atoms. The van der Waals surface area contributed by atoms with Crippen molar-refractivity contribution in [1.29, 1.82) is 0 Å². The zero-order valence-corrected chi connectivity index (χ0v) is 29.9. The molecule has 0 spiro atoms. The van der Waals surface area contributed by atoms with Gasteiger partial charge in [-0.3, -0.25) is 9.59 Å². The van der Waals surface area contributed by atoms with Crippen LogP contribution in [0.4, 0.5) is 11.4 Å². The lowest BCUT2D eigenvalue weighted by Gasteiger charge is -2.22. The summed E-state index contributed by atoms with van der Waals surface area (Å²) in [5, 5.41) is 14.5. The van der Waals surface area contributed by atoms with Crippen LogP contribution in [0.5, 0.6) is 0 Å². The molecule has 2 N–H and O–H groups in total. The van der Waals surface area contributed by atoms with Crippen LogP contribution in [0.3, 0.4) is 0 Å². The van der Waals surface area contributed by atoms with Crippen molar-refractivity contribution in [3.63, 3.8) is 0 Å². The van der Waals surface area contributed by atoms with E-state index in [2.05, 4.69) is 72.3 Å². The number of carbonyl (C=O) groups excluding carboxylic acids is 2. The molecule has 2 atom stereocenters. The summed E-state index contributed by atoms with van der Waals surface area (Å²) >= 11 is 0. The standard InChI is InChI=1S/C44H42N2O8/c1-29-41(43(47)45-39-13-11-35-23-31-7-3-5-9-33(31)25-37(35)27-39)53-21-17-50-16-20-52-30(2)42(54-22-18-49-15-19-51-29)44(48)46-40-14-12-36-24-32-8-4-6-10-34(32)26-38(36)28-40/h3-14,23-28,41-42H,1-2,15-22H2,(H,45,47)(H,46,48). The van der Waals surface area contributed by atoms with Gasteiger partial charge < -0.3 is 39.1 Å². The molecular weight excluding hydrogens is 684 g/mol. The maximum atomic E-state index is 13.5. The molecule has 2 unspecified atom stereocenters. The first kappa shape index (κ1) is 36.6. The van der Waals surface area contributed by atoms with Gasteiger partial charge in [-0.25, -0.2) is 0 Å². The van der Waals surface area contributed by atoms with Crippen molar-refractivity contribution in [2.24, 2.45) is 0 Å². The summed E-state index contributed by atoms with van der Waals surface area (Å²) in [6.45, 7) is 9.02. The summed E-state index contributed by atoms with van der Waals surface area (Å²) in [6.07, 6.45) is -2.19. The maximum absolute atomic E-state index is 13.5. The van der Waals surface area contributed by atoms with E-state index >= 15 is 0 Å². The van der Waals surface area contributed by atoms with Crippen molar-refractivity contribution in [3.05, 3.63) is 134 Å². The fraction of sp³-hybridized carbons (Fsp3) is 0.227. The number of hydrogen-bond donors (Lipinski definition) is 2. The Kier molecular flexibility index (Phi) is 11.8. The number of hydrogen-bond acceptors (Lipinski definition) is 8. The number of fused-ring (bicyclic) bond motifs is 4. The van der Waals surface area contributed by atoms with Gasteiger partial charge in [0.1, 0.15) is 24.7 Å². The number of amides is 2. The number of nitrogens with one attached hydrogen (secondary N) is 2. The predicted octanol–water partition coefficient (Wildman–Crippen LogP) is 7.75. The Morgan fingerprint density at radius 2 is 0.796 bits per heavy atom. The van der Waals surface area contributed by atoms with Gasteiger partial charge in [0, 0.05) is 11.4 Å². The monoisotopic (exact) mass is 726 g/mol. The molecular formula is C44H42N2O8. The molecule has 1 aliphatic heterocycles. The van der Waals surface area contributed by atoms with Crippen LogP contribution < -0.4 is 10.6 Å². The molecule has 2 amide bonds. The number of ether oxygens (including phenoxy) is 6. The summed E-state index contributed by atoms with van der Waals surface area (Å²) in [7, 11) is 0. The van der Waals surface area contributed by atoms with Gasteiger partial charge in [0.2, 0.25) is 0 Å². The van der Waals surface area contributed by atoms with Gasteiger partial charge in [0.15, 0.2) is 12.2 Å². The fourth-order valence-electron chi connectivity index (χ4n) is 6.35. The highest BCUT2D eigenvalue weighted by molar-refractivity contribution is 6.03. The Morgan fingerprint density at radius 3 is 1.20 bits per heavy atom. The first-order valence-corrected chi connectivity index (χ1v) is 17.9. The second kappa shape index (κ2) is 17.4. The summed E-state index contributed by atoms with van der Waals surface area (Å²) in [4.78, 5) is 26.9. The van der Waals surface area contributed by atoms with Gasteiger partial charge in [0.05, 0.1) is 39.6 Å². The largest absolute Gasteiger partial charge is 0.493 e. The zero-order valence-electron chi connectivity index (χ0n) is 29.9. The minimum absolute atomic E-state index is 0.0807. The van der Waals surface area contributed by atoms with Crippen LogP contribution in [0.2, 0.25) is 0 Å². The van der Waals surface area contributed by atoms with Crippen LogP contribution in [-0.2, 0) is 38.0 Å². The Labute approximate surface area is 313 Å². The molecule has 0 radical (unpaired) electrons. The third-order valence-corrected chi connectivity index (χ3v) is 9.06. The van der Waals surface area contributed by atoms with Gasteiger partial charge >= 0.3 is 0 Å². The van der Waals surface area contributed by atoms with Crippen molar-refractivity contribution in [3.8, 4) is 0 Å². The molecule has 10 nitrogen and oxygen atoms in total. The van der Waals surface area contributed by atoms with Gasteiger partial charge in [-0.05, 0) is 91.6 Å². The van der Waals surface area contributed by atoms with Gasteiger partial charge in [-0.15, -0.1) is 0 Å². The third-order valence-electron chi connectivity index (χ3n) is 9.06. The second-order valence-corrected chi connectivity index (χ2v) is 12.9. The van der Waals surface area contributed by atoms with E-state index in [0.29, 0.717) is 11.4 Å². The summed E-state index contributed by atoms with van der Waals surface area (Å²) in [6, 6.07) is 36.2. The van der Waals surface area contributed by atoms with Gasteiger partial charge in [-0.2, -0.15) is 0 Å². The first-order chi connectivity index (χ1) is 26.4. The number of anilines is 2. The molecule has 10 heteroatoms. The molecule has 6 aromatic carbocycles. The normalized spacial score (nSPS) is 18.4. The first-order valence-electron chi connectivity index (χ1n) is 17.9. The molecule has 0 saturated carbocycles. The van der Waals surface area contributed by atoms with E-state index in [1.54, 1.807) is 0 Å². The summed E-state index contributed by atoms with van der Waals surface area (Å²) < 4.78 is 34.8. The van der Waals surface area contributed by atoms with Gasteiger partial charge in [-0.1, -0.05) is 73.8 Å². The third kappa shape index (κ3) is 9.05. The van der Waals surface area contributed by atoms with Crippen molar-refractivity contribution in [2.75, 3.05) is 63.5 Å².